The number of rotatable bonds is 6. The van der Waals surface area contributed by atoms with Crippen LogP contribution in [0.4, 0.5) is 15.9 Å². The van der Waals surface area contributed by atoms with Crippen molar-refractivity contribution in [2.75, 3.05) is 36.5 Å². The summed E-state index contributed by atoms with van der Waals surface area (Å²) in [6.45, 7) is 2.81. The minimum absolute atomic E-state index is 0.130. The molecule has 3 heterocycles. The van der Waals surface area contributed by atoms with Crippen molar-refractivity contribution in [1.29, 1.82) is 0 Å². The predicted molar refractivity (Wildman–Crippen MR) is 105 cm³/mol. The maximum Gasteiger partial charge on any atom is 0.291 e. The van der Waals surface area contributed by atoms with Gasteiger partial charge in [0.1, 0.15) is 23.9 Å². The molecule has 150 valence electrons. The summed E-state index contributed by atoms with van der Waals surface area (Å²) in [5.74, 6) is 1.16. The zero-order valence-corrected chi connectivity index (χ0v) is 15.6. The fraction of sp³-hybridized carbons (Fsp3) is 0.238. The minimum atomic E-state index is -0.374. The van der Waals surface area contributed by atoms with Gasteiger partial charge in [-0.15, -0.1) is 0 Å². The van der Waals surface area contributed by atoms with Crippen molar-refractivity contribution < 1.29 is 23.1 Å². The number of morpholine rings is 1. The Morgan fingerprint density at radius 1 is 1.14 bits per heavy atom. The van der Waals surface area contributed by atoms with Crippen LogP contribution in [-0.2, 0) is 11.3 Å². The molecule has 1 fully saturated rings. The van der Waals surface area contributed by atoms with Crippen LogP contribution in [0.1, 0.15) is 16.3 Å². The van der Waals surface area contributed by atoms with Crippen molar-refractivity contribution in [1.82, 2.24) is 4.98 Å². The fourth-order valence-corrected chi connectivity index (χ4v) is 2.97. The molecule has 1 N–H and O–H groups in total. The van der Waals surface area contributed by atoms with Crippen molar-refractivity contribution in [3.05, 3.63) is 72.1 Å². The van der Waals surface area contributed by atoms with Crippen LogP contribution in [0.5, 0.6) is 5.75 Å². The molecule has 8 heteroatoms. The van der Waals surface area contributed by atoms with Crippen molar-refractivity contribution >= 4 is 17.4 Å². The third kappa shape index (κ3) is 4.72. The zero-order valence-electron chi connectivity index (χ0n) is 15.6. The van der Waals surface area contributed by atoms with Crippen molar-refractivity contribution in [2.45, 2.75) is 6.61 Å². The molecule has 0 unspecified atom stereocenters. The molecular formula is C21H20FN3O4. The number of anilines is 2. The van der Waals surface area contributed by atoms with Crippen molar-refractivity contribution in [3.8, 4) is 5.75 Å². The predicted octanol–water partition coefficient (Wildman–Crippen LogP) is 3.48. The number of nitrogens with one attached hydrogen (secondary N) is 1. The highest BCUT2D eigenvalue weighted by Crippen LogP contribution is 2.24. The normalized spacial score (nSPS) is 13.9. The monoisotopic (exact) mass is 397 g/mol. The van der Waals surface area contributed by atoms with Crippen molar-refractivity contribution in [2.24, 2.45) is 0 Å². The van der Waals surface area contributed by atoms with Gasteiger partial charge >= 0.3 is 0 Å². The summed E-state index contributed by atoms with van der Waals surface area (Å²) in [5.41, 5.74) is 0.611. The SMILES string of the molecule is O=C(Nc1cccnc1N1CCOCC1)c1ccc(COc2ccc(F)cc2)o1. The number of hydrogen-bond acceptors (Lipinski definition) is 6. The number of hydrogen-bond donors (Lipinski definition) is 1. The number of nitrogens with zero attached hydrogens (tertiary/aromatic N) is 2. The Morgan fingerprint density at radius 2 is 1.93 bits per heavy atom. The molecule has 4 rings (SSSR count). The first-order valence-electron chi connectivity index (χ1n) is 9.25. The van der Waals surface area contributed by atoms with E-state index in [1.54, 1.807) is 30.5 Å². The Labute approximate surface area is 167 Å². The van der Waals surface area contributed by atoms with E-state index in [4.69, 9.17) is 13.9 Å². The summed E-state index contributed by atoms with van der Waals surface area (Å²) in [6, 6.07) is 12.5. The number of carbonyl (C=O) groups is 1. The molecule has 1 aliphatic heterocycles. The largest absolute Gasteiger partial charge is 0.486 e. The molecule has 29 heavy (non-hydrogen) atoms. The van der Waals surface area contributed by atoms with E-state index in [1.165, 1.54) is 24.3 Å². The molecule has 1 aliphatic rings. The van der Waals surface area contributed by atoms with Gasteiger partial charge in [-0.3, -0.25) is 4.79 Å². The van der Waals surface area contributed by atoms with Crippen LogP contribution in [-0.4, -0.2) is 37.2 Å². The van der Waals surface area contributed by atoms with Crippen LogP contribution in [0.25, 0.3) is 0 Å². The van der Waals surface area contributed by atoms with Crippen LogP contribution in [0.15, 0.2) is 59.1 Å². The number of furan rings is 1. The molecule has 0 atom stereocenters. The van der Waals surface area contributed by atoms with E-state index < -0.39 is 0 Å². The number of benzene rings is 1. The average molecular weight is 397 g/mol. The third-order valence-corrected chi connectivity index (χ3v) is 4.43. The summed E-state index contributed by atoms with van der Waals surface area (Å²) in [6.07, 6.45) is 1.69. The van der Waals surface area contributed by atoms with E-state index in [0.29, 0.717) is 49.3 Å². The highest BCUT2D eigenvalue weighted by atomic mass is 19.1. The molecule has 0 aliphatic carbocycles. The molecule has 1 aromatic carbocycles. The number of amides is 1. The van der Waals surface area contributed by atoms with Gasteiger partial charge in [0.25, 0.3) is 5.91 Å². The Morgan fingerprint density at radius 3 is 2.72 bits per heavy atom. The molecule has 7 nitrogen and oxygen atoms in total. The van der Waals surface area contributed by atoms with E-state index in [1.807, 2.05) is 0 Å². The topological polar surface area (TPSA) is 76.8 Å². The standard InChI is InChI=1S/C21H20FN3O4/c22-15-3-5-16(6-4-15)28-14-17-7-8-19(29-17)21(26)24-18-2-1-9-23-20(18)25-10-12-27-13-11-25/h1-9H,10-14H2,(H,24,26). The van der Waals surface area contributed by atoms with E-state index >= 15 is 0 Å². The second kappa shape index (κ2) is 8.74. The van der Waals surface area contributed by atoms with Gasteiger partial charge in [-0.2, -0.15) is 0 Å². The van der Waals surface area contributed by atoms with Crippen molar-refractivity contribution in [3.63, 3.8) is 0 Å². The van der Waals surface area contributed by atoms with E-state index in [9.17, 15) is 9.18 Å². The van der Waals surface area contributed by atoms with Gasteiger partial charge in [-0.25, -0.2) is 9.37 Å². The summed E-state index contributed by atoms with van der Waals surface area (Å²) < 4.78 is 29.4. The van der Waals surface area contributed by atoms with Gasteiger partial charge in [0, 0.05) is 19.3 Å². The summed E-state index contributed by atoms with van der Waals surface area (Å²) in [7, 11) is 0. The van der Waals surface area contributed by atoms with Gasteiger partial charge in [-0.05, 0) is 48.5 Å². The highest BCUT2D eigenvalue weighted by molar-refractivity contribution is 6.03. The number of carbonyl (C=O) groups excluding carboxylic acids is 1. The molecule has 1 saturated heterocycles. The minimum Gasteiger partial charge on any atom is -0.486 e. The highest BCUT2D eigenvalue weighted by Gasteiger charge is 2.19. The maximum absolute atomic E-state index is 12.9. The Kier molecular flexibility index (Phi) is 5.71. The Balaban J connectivity index is 1.40. The second-order valence-corrected chi connectivity index (χ2v) is 6.44. The first-order valence-corrected chi connectivity index (χ1v) is 9.25. The number of pyridine rings is 1. The first kappa shape index (κ1) is 18.9. The molecule has 1 amide bonds. The lowest BCUT2D eigenvalue weighted by Gasteiger charge is -2.29. The van der Waals surface area contributed by atoms with Crippen LogP contribution >= 0.6 is 0 Å². The maximum atomic E-state index is 12.9. The van der Waals surface area contributed by atoms with E-state index in [2.05, 4.69) is 15.2 Å². The fourth-order valence-electron chi connectivity index (χ4n) is 2.97. The van der Waals surface area contributed by atoms with Gasteiger partial charge in [0.2, 0.25) is 0 Å². The van der Waals surface area contributed by atoms with Gasteiger partial charge < -0.3 is 24.1 Å². The molecule has 0 spiro atoms. The van der Waals surface area contributed by atoms with Gasteiger partial charge in [-0.1, -0.05) is 0 Å². The lowest BCUT2D eigenvalue weighted by molar-refractivity contribution is 0.0992. The summed E-state index contributed by atoms with van der Waals surface area (Å²) in [5, 5.41) is 2.86. The first-order chi connectivity index (χ1) is 14.2. The quantitative estimate of drug-likeness (QED) is 0.686. The van der Waals surface area contributed by atoms with Gasteiger partial charge in [0.05, 0.1) is 18.9 Å². The average Bonchev–Trinajstić information content (AvgIpc) is 3.24. The Bertz CT molecular complexity index is 968. The van der Waals surface area contributed by atoms with Crippen LogP contribution in [0, 0.1) is 5.82 Å². The van der Waals surface area contributed by atoms with Crippen LogP contribution in [0.2, 0.25) is 0 Å². The van der Waals surface area contributed by atoms with Crippen LogP contribution < -0.4 is 15.0 Å². The Hall–Kier alpha value is -3.39. The number of halogens is 1. The molecular weight excluding hydrogens is 377 g/mol. The van der Waals surface area contributed by atoms with Crippen LogP contribution in [0.3, 0.4) is 0 Å². The zero-order chi connectivity index (χ0) is 20.1. The molecule has 0 bridgehead atoms. The molecule has 0 radical (unpaired) electrons. The third-order valence-electron chi connectivity index (χ3n) is 4.43. The lowest BCUT2D eigenvalue weighted by atomic mass is 10.3. The molecule has 3 aromatic rings. The number of ether oxygens (including phenoxy) is 2. The van der Waals surface area contributed by atoms with E-state index in [-0.39, 0.29) is 24.1 Å². The molecule has 2 aromatic heterocycles. The van der Waals surface area contributed by atoms with Gasteiger partial charge in [0.15, 0.2) is 11.6 Å². The summed E-state index contributed by atoms with van der Waals surface area (Å²) in [4.78, 5) is 19.1. The second-order valence-electron chi connectivity index (χ2n) is 6.44. The smallest absolute Gasteiger partial charge is 0.291 e. The summed E-state index contributed by atoms with van der Waals surface area (Å²) >= 11 is 0. The van der Waals surface area contributed by atoms with E-state index in [0.717, 1.165) is 0 Å². The number of aromatic nitrogens is 1. The molecule has 0 saturated carbocycles. The lowest BCUT2D eigenvalue weighted by Crippen LogP contribution is -2.37.